The zero-order valence-corrected chi connectivity index (χ0v) is 18.7. The van der Waals surface area contributed by atoms with Gasteiger partial charge in [0.25, 0.3) is 0 Å². The number of aromatic nitrogens is 1. The summed E-state index contributed by atoms with van der Waals surface area (Å²) in [7, 11) is 0. The number of carbonyl (C=O) groups is 1. The van der Waals surface area contributed by atoms with E-state index in [2.05, 4.69) is 77.6 Å². The summed E-state index contributed by atoms with van der Waals surface area (Å²) >= 11 is 0. The Morgan fingerprint density at radius 1 is 0.875 bits per heavy atom. The molecule has 0 saturated heterocycles. The minimum Gasteiger partial charge on any atom is -0.318 e. The SMILES string of the molecule is Cc1ccc(C)c(NC(=O)N2Cc3ccccc3-n3cccc3C2c2ccccc2C)c1. The molecule has 160 valence electrons. The average Bonchev–Trinajstić information content (AvgIpc) is 3.21. The van der Waals surface area contributed by atoms with Gasteiger partial charge in [0.1, 0.15) is 6.04 Å². The molecule has 4 nitrogen and oxygen atoms in total. The largest absolute Gasteiger partial charge is 0.322 e. The molecule has 5 rings (SSSR count). The number of para-hydroxylation sites is 1. The van der Waals surface area contributed by atoms with Gasteiger partial charge < -0.3 is 14.8 Å². The number of amides is 2. The van der Waals surface area contributed by atoms with E-state index in [4.69, 9.17) is 0 Å². The number of nitrogens with zero attached hydrogens (tertiary/aromatic N) is 2. The van der Waals surface area contributed by atoms with E-state index < -0.39 is 0 Å². The number of carbonyl (C=O) groups excluding carboxylic acids is 1. The van der Waals surface area contributed by atoms with Gasteiger partial charge in [-0.15, -0.1) is 0 Å². The first-order chi connectivity index (χ1) is 15.5. The van der Waals surface area contributed by atoms with E-state index in [-0.39, 0.29) is 12.1 Å². The highest BCUT2D eigenvalue weighted by Crippen LogP contribution is 2.38. The maximum absolute atomic E-state index is 13.8. The van der Waals surface area contributed by atoms with Crippen LogP contribution in [0.2, 0.25) is 0 Å². The van der Waals surface area contributed by atoms with E-state index in [1.54, 1.807) is 0 Å². The predicted molar refractivity (Wildman–Crippen MR) is 129 cm³/mol. The maximum Gasteiger partial charge on any atom is 0.322 e. The third-order valence-electron chi connectivity index (χ3n) is 6.34. The Morgan fingerprint density at radius 3 is 2.50 bits per heavy atom. The molecule has 0 saturated carbocycles. The van der Waals surface area contributed by atoms with Crippen molar-refractivity contribution in [2.24, 2.45) is 0 Å². The Bertz CT molecular complexity index is 1300. The van der Waals surface area contributed by atoms with Gasteiger partial charge >= 0.3 is 6.03 Å². The second-order valence-electron chi connectivity index (χ2n) is 8.57. The molecule has 3 aromatic carbocycles. The number of aryl methyl sites for hydroxylation is 3. The first-order valence-electron chi connectivity index (χ1n) is 11.0. The molecule has 4 aromatic rings. The lowest BCUT2D eigenvalue weighted by Crippen LogP contribution is -2.38. The number of fused-ring (bicyclic) bond motifs is 3. The topological polar surface area (TPSA) is 37.3 Å². The van der Waals surface area contributed by atoms with E-state index in [0.29, 0.717) is 6.54 Å². The van der Waals surface area contributed by atoms with E-state index >= 15 is 0 Å². The number of urea groups is 1. The van der Waals surface area contributed by atoms with Crippen molar-refractivity contribution in [2.45, 2.75) is 33.4 Å². The van der Waals surface area contributed by atoms with Crippen LogP contribution < -0.4 is 5.32 Å². The highest BCUT2D eigenvalue weighted by molar-refractivity contribution is 5.91. The number of benzene rings is 3. The van der Waals surface area contributed by atoms with Crippen molar-refractivity contribution in [2.75, 3.05) is 5.32 Å². The van der Waals surface area contributed by atoms with Crippen molar-refractivity contribution in [1.82, 2.24) is 9.47 Å². The van der Waals surface area contributed by atoms with E-state index in [0.717, 1.165) is 39.3 Å². The smallest absolute Gasteiger partial charge is 0.318 e. The Kier molecular flexibility index (Phi) is 5.06. The summed E-state index contributed by atoms with van der Waals surface area (Å²) in [6.07, 6.45) is 2.09. The lowest BCUT2D eigenvalue weighted by atomic mass is 9.97. The van der Waals surface area contributed by atoms with Crippen LogP contribution in [0, 0.1) is 20.8 Å². The summed E-state index contributed by atoms with van der Waals surface area (Å²) < 4.78 is 2.22. The zero-order chi connectivity index (χ0) is 22.2. The van der Waals surface area contributed by atoms with Gasteiger partial charge in [0.2, 0.25) is 0 Å². The molecule has 4 heteroatoms. The summed E-state index contributed by atoms with van der Waals surface area (Å²) in [5.74, 6) is 0. The maximum atomic E-state index is 13.8. The molecule has 2 heterocycles. The normalized spacial score (nSPS) is 15.0. The van der Waals surface area contributed by atoms with Gasteiger partial charge in [-0.2, -0.15) is 0 Å². The van der Waals surface area contributed by atoms with Crippen molar-refractivity contribution in [3.8, 4) is 5.69 Å². The average molecular weight is 422 g/mol. The van der Waals surface area contributed by atoms with E-state index in [9.17, 15) is 4.79 Å². The first kappa shape index (κ1) is 20.1. The van der Waals surface area contributed by atoms with Gasteiger partial charge in [-0.1, -0.05) is 54.6 Å². The fraction of sp³-hybridized carbons (Fsp3) is 0.179. The predicted octanol–water partition coefficient (Wildman–Crippen LogP) is 6.54. The molecule has 1 aromatic heterocycles. The van der Waals surface area contributed by atoms with Crippen LogP contribution >= 0.6 is 0 Å². The molecule has 0 bridgehead atoms. The molecule has 32 heavy (non-hydrogen) atoms. The van der Waals surface area contributed by atoms with Crippen LogP contribution in [0.4, 0.5) is 10.5 Å². The van der Waals surface area contributed by atoms with Crippen molar-refractivity contribution in [3.63, 3.8) is 0 Å². The highest BCUT2D eigenvalue weighted by Gasteiger charge is 2.33. The molecule has 0 aliphatic carbocycles. The van der Waals surface area contributed by atoms with Crippen LogP contribution in [-0.4, -0.2) is 15.5 Å². The number of hydrogen-bond donors (Lipinski definition) is 1. The summed E-state index contributed by atoms with van der Waals surface area (Å²) in [5, 5.41) is 3.20. The molecule has 1 aliphatic rings. The van der Waals surface area contributed by atoms with Gasteiger partial charge in [-0.3, -0.25) is 0 Å². The van der Waals surface area contributed by atoms with Crippen LogP contribution in [0.15, 0.2) is 85.1 Å². The van der Waals surface area contributed by atoms with Gasteiger partial charge in [0.15, 0.2) is 0 Å². The second-order valence-corrected chi connectivity index (χ2v) is 8.57. The zero-order valence-electron chi connectivity index (χ0n) is 18.7. The Morgan fingerprint density at radius 2 is 1.66 bits per heavy atom. The molecule has 1 atom stereocenters. The molecular weight excluding hydrogens is 394 g/mol. The van der Waals surface area contributed by atoms with Crippen LogP contribution in [0.1, 0.15) is 39.6 Å². The molecular formula is C28H27N3O. The van der Waals surface area contributed by atoms with Crippen LogP contribution in [0.5, 0.6) is 0 Å². The summed E-state index contributed by atoms with van der Waals surface area (Å²) in [5.41, 5.74) is 8.65. The van der Waals surface area contributed by atoms with Gasteiger partial charge in [0, 0.05) is 17.6 Å². The molecule has 0 fully saturated rings. The summed E-state index contributed by atoms with van der Waals surface area (Å²) in [4.78, 5) is 15.8. The third-order valence-corrected chi connectivity index (χ3v) is 6.34. The van der Waals surface area contributed by atoms with Crippen LogP contribution in [-0.2, 0) is 6.54 Å². The molecule has 2 amide bonds. The Balaban J connectivity index is 1.66. The second kappa shape index (κ2) is 8.04. The lowest BCUT2D eigenvalue weighted by molar-refractivity contribution is 0.194. The third kappa shape index (κ3) is 3.48. The minimum absolute atomic E-state index is 0.101. The quantitative estimate of drug-likeness (QED) is 0.392. The number of hydrogen-bond acceptors (Lipinski definition) is 1. The fourth-order valence-corrected chi connectivity index (χ4v) is 4.62. The number of rotatable bonds is 2. The van der Waals surface area contributed by atoms with Crippen molar-refractivity contribution < 1.29 is 4.79 Å². The summed E-state index contributed by atoms with van der Waals surface area (Å²) in [6.45, 7) is 6.70. The van der Waals surface area contributed by atoms with Crippen LogP contribution in [0.3, 0.4) is 0 Å². The highest BCUT2D eigenvalue weighted by atomic mass is 16.2. The molecule has 1 unspecified atom stereocenters. The van der Waals surface area contributed by atoms with Gasteiger partial charge in [-0.05, 0) is 72.9 Å². The van der Waals surface area contributed by atoms with E-state index in [1.807, 2.05) is 43.0 Å². The molecule has 0 spiro atoms. The van der Waals surface area contributed by atoms with Crippen molar-refractivity contribution in [1.29, 1.82) is 0 Å². The van der Waals surface area contributed by atoms with Gasteiger partial charge in [-0.25, -0.2) is 4.79 Å². The van der Waals surface area contributed by atoms with Crippen molar-refractivity contribution >= 4 is 11.7 Å². The number of anilines is 1. The number of nitrogens with one attached hydrogen (secondary N) is 1. The molecule has 1 aliphatic heterocycles. The van der Waals surface area contributed by atoms with Crippen molar-refractivity contribution in [3.05, 3.63) is 119 Å². The molecule has 0 radical (unpaired) electrons. The lowest BCUT2D eigenvalue weighted by Gasteiger charge is -2.32. The monoisotopic (exact) mass is 421 g/mol. The standard InChI is InChI=1S/C28H27N3O/c1-19-14-15-21(3)24(17-19)29-28(32)31-18-22-10-5-7-12-25(22)30-16-8-13-26(30)27(31)23-11-6-4-9-20(23)2/h4-17,27H,18H2,1-3H3,(H,29,32). The Labute approximate surface area is 189 Å². The van der Waals surface area contributed by atoms with E-state index in [1.165, 1.54) is 5.56 Å². The summed E-state index contributed by atoms with van der Waals surface area (Å²) in [6, 6.07) is 26.7. The Hall–Kier alpha value is -3.79. The fourth-order valence-electron chi connectivity index (χ4n) is 4.62. The molecule has 1 N–H and O–H groups in total. The van der Waals surface area contributed by atoms with Crippen LogP contribution in [0.25, 0.3) is 5.69 Å². The van der Waals surface area contributed by atoms with Gasteiger partial charge in [0.05, 0.1) is 12.2 Å². The first-order valence-corrected chi connectivity index (χ1v) is 11.0. The minimum atomic E-state index is -0.205.